The minimum Gasteiger partial charge on any atom is -0.497 e. The molecular weight excluding hydrogens is 268 g/mol. The van der Waals surface area contributed by atoms with Gasteiger partial charge in [0.15, 0.2) is 0 Å². The number of ether oxygens (including phenoxy) is 2. The lowest BCUT2D eigenvalue weighted by Gasteiger charge is -2.15. The van der Waals surface area contributed by atoms with Crippen LogP contribution in [-0.2, 0) is 0 Å². The van der Waals surface area contributed by atoms with Gasteiger partial charge in [-0.2, -0.15) is 0 Å². The lowest BCUT2D eigenvalue weighted by Crippen LogP contribution is -3.11. The second-order valence-electron chi connectivity index (χ2n) is 4.88. The monoisotopic (exact) mass is 295 g/mol. The molecule has 0 saturated heterocycles. The second kappa shape index (κ2) is 9.23. The number of nitrogens with one attached hydrogen (secondary N) is 2. The number of rotatable bonds is 9. The van der Waals surface area contributed by atoms with Crippen molar-refractivity contribution in [1.29, 1.82) is 0 Å². The van der Waals surface area contributed by atoms with Crippen molar-refractivity contribution in [3.8, 4) is 11.5 Å². The second-order valence-corrected chi connectivity index (χ2v) is 4.88. The molecule has 1 rings (SSSR count). The zero-order valence-electron chi connectivity index (χ0n) is 13.5. The van der Waals surface area contributed by atoms with Crippen LogP contribution in [0.3, 0.4) is 0 Å². The Balaban J connectivity index is 2.52. The maximum Gasteiger partial charge on any atom is 0.255 e. The van der Waals surface area contributed by atoms with Crippen LogP contribution in [0.1, 0.15) is 30.6 Å². The Morgan fingerprint density at radius 3 is 2.48 bits per heavy atom. The standard InChI is InChI=1S/C16H26N2O3/c1-5-18(6-2)11-7-10-17-16(19)14-9-8-13(20-3)12-15(14)21-4/h8-9,12H,5-7,10-11H2,1-4H3,(H,17,19)/p+1. The van der Waals surface area contributed by atoms with Gasteiger partial charge < -0.3 is 19.7 Å². The maximum absolute atomic E-state index is 12.2. The number of hydrogen-bond acceptors (Lipinski definition) is 3. The molecule has 0 fully saturated rings. The van der Waals surface area contributed by atoms with Crippen LogP contribution in [0.25, 0.3) is 0 Å². The molecule has 5 heteroatoms. The molecule has 0 heterocycles. The fourth-order valence-corrected chi connectivity index (χ4v) is 2.23. The third-order valence-electron chi connectivity index (χ3n) is 3.65. The van der Waals surface area contributed by atoms with Gasteiger partial charge in [0.2, 0.25) is 0 Å². The first-order valence-corrected chi connectivity index (χ1v) is 7.50. The summed E-state index contributed by atoms with van der Waals surface area (Å²) in [4.78, 5) is 13.7. The van der Waals surface area contributed by atoms with E-state index in [4.69, 9.17) is 9.47 Å². The fourth-order valence-electron chi connectivity index (χ4n) is 2.23. The number of quaternary nitrogens is 1. The van der Waals surface area contributed by atoms with E-state index >= 15 is 0 Å². The van der Waals surface area contributed by atoms with E-state index in [9.17, 15) is 4.79 Å². The van der Waals surface area contributed by atoms with Gasteiger partial charge in [0.1, 0.15) is 11.5 Å². The minimum atomic E-state index is -0.107. The number of benzene rings is 1. The smallest absolute Gasteiger partial charge is 0.255 e. The van der Waals surface area contributed by atoms with Crippen molar-refractivity contribution in [3.05, 3.63) is 23.8 Å². The van der Waals surface area contributed by atoms with Crippen LogP contribution in [0.4, 0.5) is 0 Å². The molecular formula is C16H27N2O3+. The highest BCUT2D eigenvalue weighted by molar-refractivity contribution is 5.97. The third kappa shape index (κ3) is 5.27. The Morgan fingerprint density at radius 1 is 1.19 bits per heavy atom. The van der Waals surface area contributed by atoms with Crippen molar-refractivity contribution >= 4 is 5.91 Å². The van der Waals surface area contributed by atoms with E-state index in [0.29, 0.717) is 23.6 Å². The Morgan fingerprint density at radius 2 is 1.90 bits per heavy atom. The molecule has 5 nitrogen and oxygen atoms in total. The number of hydrogen-bond donors (Lipinski definition) is 2. The number of amides is 1. The van der Waals surface area contributed by atoms with E-state index in [2.05, 4.69) is 19.2 Å². The zero-order chi connectivity index (χ0) is 15.7. The highest BCUT2D eigenvalue weighted by atomic mass is 16.5. The summed E-state index contributed by atoms with van der Waals surface area (Å²) in [6.45, 7) is 8.36. The van der Waals surface area contributed by atoms with E-state index in [1.165, 1.54) is 0 Å². The van der Waals surface area contributed by atoms with E-state index < -0.39 is 0 Å². The first-order valence-electron chi connectivity index (χ1n) is 7.50. The fraction of sp³-hybridized carbons (Fsp3) is 0.562. The van der Waals surface area contributed by atoms with Gasteiger partial charge in [-0.05, 0) is 26.0 Å². The van der Waals surface area contributed by atoms with Gasteiger partial charge in [-0.15, -0.1) is 0 Å². The van der Waals surface area contributed by atoms with Gasteiger partial charge in [0.05, 0.1) is 39.4 Å². The Hall–Kier alpha value is -1.75. The lowest BCUT2D eigenvalue weighted by molar-refractivity contribution is -0.896. The van der Waals surface area contributed by atoms with Crippen LogP contribution in [0.5, 0.6) is 11.5 Å². The van der Waals surface area contributed by atoms with Crippen molar-refractivity contribution in [2.75, 3.05) is 40.4 Å². The maximum atomic E-state index is 12.2. The molecule has 118 valence electrons. The lowest BCUT2D eigenvalue weighted by atomic mass is 10.1. The molecule has 0 atom stereocenters. The Bertz CT molecular complexity index is 445. The minimum absolute atomic E-state index is 0.107. The zero-order valence-corrected chi connectivity index (χ0v) is 13.5. The average Bonchev–Trinajstić information content (AvgIpc) is 2.54. The molecule has 0 radical (unpaired) electrons. The molecule has 1 amide bonds. The largest absolute Gasteiger partial charge is 0.497 e. The number of carbonyl (C=O) groups is 1. The molecule has 0 saturated carbocycles. The quantitative estimate of drug-likeness (QED) is 0.661. The summed E-state index contributed by atoms with van der Waals surface area (Å²) in [5.41, 5.74) is 0.536. The van der Waals surface area contributed by atoms with Crippen LogP contribution >= 0.6 is 0 Å². The summed E-state index contributed by atoms with van der Waals surface area (Å²) >= 11 is 0. The SMILES string of the molecule is CC[NH+](CC)CCCNC(=O)c1ccc(OC)cc1OC. The van der Waals surface area contributed by atoms with Crippen LogP contribution in [0.2, 0.25) is 0 Å². The molecule has 1 aromatic rings. The molecule has 0 spiro atoms. The molecule has 0 aromatic heterocycles. The van der Waals surface area contributed by atoms with Crippen molar-refractivity contribution in [2.24, 2.45) is 0 Å². The Labute approximate surface area is 127 Å². The van der Waals surface area contributed by atoms with Crippen molar-refractivity contribution in [3.63, 3.8) is 0 Å². The summed E-state index contributed by atoms with van der Waals surface area (Å²) < 4.78 is 10.4. The normalized spacial score (nSPS) is 10.5. The van der Waals surface area contributed by atoms with Crippen LogP contribution in [-0.4, -0.2) is 46.3 Å². The topological polar surface area (TPSA) is 52.0 Å². The summed E-state index contributed by atoms with van der Waals surface area (Å²) in [6.07, 6.45) is 0.973. The van der Waals surface area contributed by atoms with E-state index in [0.717, 1.165) is 26.1 Å². The van der Waals surface area contributed by atoms with E-state index in [-0.39, 0.29) is 5.91 Å². The molecule has 0 aliphatic heterocycles. The highest BCUT2D eigenvalue weighted by Gasteiger charge is 2.13. The molecule has 0 bridgehead atoms. The highest BCUT2D eigenvalue weighted by Crippen LogP contribution is 2.24. The van der Waals surface area contributed by atoms with Gasteiger partial charge in [0, 0.05) is 19.0 Å². The first-order chi connectivity index (χ1) is 10.2. The predicted molar refractivity (Wildman–Crippen MR) is 83.4 cm³/mol. The third-order valence-corrected chi connectivity index (χ3v) is 3.65. The van der Waals surface area contributed by atoms with E-state index in [1.54, 1.807) is 37.3 Å². The van der Waals surface area contributed by atoms with Crippen LogP contribution in [0.15, 0.2) is 18.2 Å². The van der Waals surface area contributed by atoms with Crippen molar-refractivity contribution in [2.45, 2.75) is 20.3 Å². The van der Waals surface area contributed by atoms with Crippen LogP contribution in [0, 0.1) is 0 Å². The summed E-state index contributed by atoms with van der Waals surface area (Å²) in [5.74, 6) is 1.10. The van der Waals surface area contributed by atoms with Gasteiger partial charge >= 0.3 is 0 Å². The molecule has 2 N–H and O–H groups in total. The summed E-state index contributed by atoms with van der Waals surface area (Å²) in [6, 6.07) is 5.20. The summed E-state index contributed by atoms with van der Waals surface area (Å²) in [5, 5.41) is 2.94. The molecule has 0 aliphatic rings. The van der Waals surface area contributed by atoms with E-state index in [1.807, 2.05) is 0 Å². The van der Waals surface area contributed by atoms with Gasteiger partial charge in [-0.25, -0.2) is 0 Å². The van der Waals surface area contributed by atoms with Gasteiger partial charge in [-0.3, -0.25) is 4.79 Å². The molecule has 1 aromatic carbocycles. The number of methoxy groups -OCH3 is 2. The van der Waals surface area contributed by atoms with Crippen LogP contribution < -0.4 is 19.7 Å². The van der Waals surface area contributed by atoms with Crippen molar-refractivity contribution in [1.82, 2.24) is 5.32 Å². The van der Waals surface area contributed by atoms with Gasteiger partial charge in [0.25, 0.3) is 5.91 Å². The molecule has 21 heavy (non-hydrogen) atoms. The predicted octanol–water partition coefficient (Wildman–Crippen LogP) is 0.748. The van der Waals surface area contributed by atoms with Gasteiger partial charge in [-0.1, -0.05) is 0 Å². The average molecular weight is 295 g/mol. The first kappa shape index (κ1) is 17.3. The van der Waals surface area contributed by atoms with Crippen molar-refractivity contribution < 1.29 is 19.2 Å². The molecule has 0 aliphatic carbocycles. The Kier molecular flexibility index (Phi) is 7.61. The molecule has 0 unspecified atom stereocenters. The number of carbonyl (C=O) groups excluding carboxylic acids is 1. The summed E-state index contributed by atoms with van der Waals surface area (Å²) in [7, 11) is 3.14.